The van der Waals surface area contributed by atoms with E-state index in [-0.39, 0.29) is 6.61 Å². The Morgan fingerprint density at radius 3 is 2.57 bits per heavy atom. The van der Waals surface area contributed by atoms with Gasteiger partial charge in [-0.15, -0.1) is 0 Å². The lowest BCUT2D eigenvalue weighted by atomic mass is 9.93. The Hall–Kier alpha value is -2.01. The number of benzene rings is 1. The average Bonchev–Trinajstić information content (AvgIpc) is 2.76. The molecule has 1 atom stereocenters. The van der Waals surface area contributed by atoms with Gasteiger partial charge in [-0.05, 0) is 18.9 Å². The molecular weight excluding hydrogens is 264 g/mol. The Labute approximate surface area is 125 Å². The van der Waals surface area contributed by atoms with Crippen molar-refractivity contribution in [3.8, 4) is 0 Å². The fraction of sp³-hybridized carbons (Fsp3) is 0.438. The monoisotopic (exact) mass is 288 g/mol. The van der Waals surface area contributed by atoms with Gasteiger partial charge in [0.2, 0.25) is 0 Å². The van der Waals surface area contributed by atoms with Gasteiger partial charge < -0.3 is 16.2 Å². The van der Waals surface area contributed by atoms with E-state index in [0.717, 1.165) is 29.9 Å². The number of nitrogens with two attached hydrogens (primary N) is 1. The zero-order valence-electron chi connectivity index (χ0n) is 12.9. The Balaban J connectivity index is 2.35. The predicted octanol–water partition coefficient (Wildman–Crippen LogP) is 2.27. The summed E-state index contributed by atoms with van der Waals surface area (Å²) in [5.41, 5.74) is 8.16. The van der Waals surface area contributed by atoms with Crippen molar-refractivity contribution in [1.82, 2.24) is 9.78 Å². The van der Waals surface area contributed by atoms with Gasteiger partial charge in [-0.2, -0.15) is 5.10 Å². The fourth-order valence-corrected chi connectivity index (χ4v) is 2.44. The zero-order chi connectivity index (χ0) is 15.5. The maximum atomic E-state index is 9.86. The van der Waals surface area contributed by atoms with E-state index in [1.54, 1.807) is 4.68 Å². The highest BCUT2D eigenvalue weighted by Crippen LogP contribution is 2.30. The lowest BCUT2D eigenvalue weighted by Crippen LogP contribution is -2.36. The molecule has 1 aromatic carbocycles. The molecule has 2 rings (SSSR count). The summed E-state index contributed by atoms with van der Waals surface area (Å²) >= 11 is 0. The van der Waals surface area contributed by atoms with Crippen LogP contribution in [0.2, 0.25) is 0 Å². The highest BCUT2D eigenvalue weighted by molar-refractivity contribution is 5.66. The summed E-state index contributed by atoms with van der Waals surface area (Å²) in [6.07, 6.45) is 1.85. The lowest BCUT2D eigenvalue weighted by molar-refractivity contribution is 0.223. The molecule has 0 aliphatic carbocycles. The van der Waals surface area contributed by atoms with E-state index in [1.807, 2.05) is 44.3 Å². The first-order valence-electron chi connectivity index (χ1n) is 7.27. The summed E-state index contributed by atoms with van der Waals surface area (Å²) in [7, 11) is 1.86. The van der Waals surface area contributed by atoms with Gasteiger partial charge in [0.1, 0.15) is 5.82 Å². The Kier molecular flexibility index (Phi) is 4.53. The molecule has 0 radical (unpaired) electrons. The maximum Gasteiger partial charge on any atom is 0.148 e. The number of aliphatic hydroxyl groups excluding tert-OH is 1. The Bertz CT molecular complexity index is 594. The van der Waals surface area contributed by atoms with Crippen molar-refractivity contribution in [3.63, 3.8) is 0 Å². The molecule has 0 aliphatic rings. The van der Waals surface area contributed by atoms with E-state index >= 15 is 0 Å². The summed E-state index contributed by atoms with van der Waals surface area (Å²) in [4.78, 5) is 0. The van der Waals surface area contributed by atoms with Crippen molar-refractivity contribution in [2.24, 2.45) is 7.05 Å². The van der Waals surface area contributed by atoms with Gasteiger partial charge in [-0.1, -0.05) is 43.7 Å². The van der Waals surface area contributed by atoms with Gasteiger partial charge in [0.25, 0.3) is 0 Å². The standard InChI is InChI=1S/C16H24N4O/c1-4-8-13-14(17)15(20(3)19-13)18-16(2,11-21)12-9-6-5-7-10-12/h5-7,9-10,18,21H,4,8,11,17H2,1-3H3. The summed E-state index contributed by atoms with van der Waals surface area (Å²) < 4.78 is 1.75. The molecule has 0 saturated heterocycles. The molecule has 0 saturated carbocycles. The van der Waals surface area contributed by atoms with Crippen LogP contribution in [0.15, 0.2) is 30.3 Å². The van der Waals surface area contributed by atoms with Gasteiger partial charge in [0, 0.05) is 7.05 Å². The molecule has 0 fully saturated rings. The molecule has 2 aromatic rings. The molecule has 21 heavy (non-hydrogen) atoms. The van der Waals surface area contributed by atoms with Crippen LogP contribution in [0.25, 0.3) is 0 Å². The number of nitrogens with zero attached hydrogens (tertiary/aromatic N) is 2. The van der Waals surface area contributed by atoms with E-state index in [2.05, 4.69) is 17.3 Å². The van der Waals surface area contributed by atoms with Crippen molar-refractivity contribution in [3.05, 3.63) is 41.6 Å². The summed E-state index contributed by atoms with van der Waals surface area (Å²) in [5, 5.41) is 17.7. The minimum atomic E-state index is -0.605. The van der Waals surface area contributed by atoms with Crippen molar-refractivity contribution in [2.45, 2.75) is 32.2 Å². The fourth-order valence-electron chi connectivity index (χ4n) is 2.44. The Morgan fingerprint density at radius 2 is 2.00 bits per heavy atom. The molecule has 0 amide bonds. The normalized spacial score (nSPS) is 13.9. The molecule has 1 aromatic heterocycles. The number of anilines is 2. The van der Waals surface area contributed by atoms with E-state index in [4.69, 9.17) is 5.73 Å². The van der Waals surface area contributed by atoms with Crippen LogP contribution in [0.4, 0.5) is 11.5 Å². The minimum absolute atomic E-state index is 0.0370. The number of aliphatic hydroxyl groups is 1. The Morgan fingerprint density at radius 1 is 1.33 bits per heavy atom. The smallest absolute Gasteiger partial charge is 0.148 e. The molecule has 0 spiro atoms. The predicted molar refractivity (Wildman–Crippen MR) is 86.1 cm³/mol. The van der Waals surface area contributed by atoms with Gasteiger partial charge in [0.05, 0.1) is 23.5 Å². The van der Waals surface area contributed by atoms with Crippen LogP contribution in [0.3, 0.4) is 0 Å². The van der Waals surface area contributed by atoms with Crippen molar-refractivity contribution < 1.29 is 5.11 Å². The molecule has 5 heteroatoms. The van der Waals surface area contributed by atoms with Crippen molar-refractivity contribution in [1.29, 1.82) is 0 Å². The number of hydrogen-bond acceptors (Lipinski definition) is 4. The number of aryl methyl sites for hydroxylation is 2. The quantitative estimate of drug-likeness (QED) is 0.762. The first-order valence-corrected chi connectivity index (χ1v) is 7.27. The average molecular weight is 288 g/mol. The molecule has 1 unspecified atom stereocenters. The second kappa shape index (κ2) is 6.18. The first kappa shape index (κ1) is 15.4. The molecule has 4 N–H and O–H groups in total. The second-order valence-corrected chi connectivity index (χ2v) is 5.56. The van der Waals surface area contributed by atoms with E-state index in [9.17, 15) is 5.11 Å². The highest BCUT2D eigenvalue weighted by atomic mass is 16.3. The molecule has 1 heterocycles. The van der Waals surface area contributed by atoms with Crippen LogP contribution in [-0.2, 0) is 19.0 Å². The van der Waals surface area contributed by atoms with Gasteiger partial charge in [-0.3, -0.25) is 4.68 Å². The minimum Gasteiger partial charge on any atom is -0.394 e. The number of rotatable bonds is 6. The largest absolute Gasteiger partial charge is 0.394 e. The van der Waals surface area contributed by atoms with Gasteiger partial charge in [-0.25, -0.2) is 0 Å². The molecule has 0 aliphatic heterocycles. The van der Waals surface area contributed by atoms with Gasteiger partial charge in [0.15, 0.2) is 0 Å². The van der Waals surface area contributed by atoms with Crippen LogP contribution >= 0.6 is 0 Å². The number of hydrogen-bond donors (Lipinski definition) is 3. The van der Waals surface area contributed by atoms with E-state index in [0.29, 0.717) is 5.69 Å². The number of aromatic nitrogens is 2. The van der Waals surface area contributed by atoms with Crippen LogP contribution in [0, 0.1) is 0 Å². The molecule has 0 bridgehead atoms. The third-order valence-electron chi connectivity index (χ3n) is 3.77. The zero-order valence-corrected chi connectivity index (χ0v) is 12.9. The molecular formula is C16H24N4O. The highest BCUT2D eigenvalue weighted by Gasteiger charge is 2.28. The topological polar surface area (TPSA) is 76.1 Å². The third kappa shape index (κ3) is 3.03. The van der Waals surface area contributed by atoms with Crippen LogP contribution < -0.4 is 11.1 Å². The summed E-state index contributed by atoms with van der Waals surface area (Å²) in [6.45, 7) is 4.02. The summed E-state index contributed by atoms with van der Waals surface area (Å²) in [6, 6.07) is 9.85. The SMILES string of the molecule is CCCc1nn(C)c(NC(C)(CO)c2ccccc2)c1N. The van der Waals surface area contributed by atoms with E-state index < -0.39 is 5.54 Å². The van der Waals surface area contributed by atoms with Crippen molar-refractivity contribution in [2.75, 3.05) is 17.7 Å². The van der Waals surface area contributed by atoms with Crippen LogP contribution in [0.1, 0.15) is 31.5 Å². The molecule has 114 valence electrons. The number of nitrogen functional groups attached to an aromatic ring is 1. The third-order valence-corrected chi connectivity index (χ3v) is 3.77. The first-order chi connectivity index (χ1) is 10.0. The maximum absolute atomic E-state index is 9.86. The lowest BCUT2D eigenvalue weighted by Gasteiger charge is -2.30. The molecule has 5 nitrogen and oxygen atoms in total. The van der Waals surface area contributed by atoms with Crippen molar-refractivity contribution >= 4 is 11.5 Å². The number of nitrogens with one attached hydrogen (secondary N) is 1. The van der Waals surface area contributed by atoms with Crippen LogP contribution in [0.5, 0.6) is 0 Å². The second-order valence-electron chi connectivity index (χ2n) is 5.56. The summed E-state index contributed by atoms with van der Waals surface area (Å²) in [5.74, 6) is 0.749. The van der Waals surface area contributed by atoms with Gasteiger partial charge >= 0.3 is 0 Å². The van der Waals surface area contributed by atoms with Crippen LogP contribution in [-0.4, -0.2) is 21.5 Å². The van der Waals surface area contributed by atoms with E-state index in [1.165, 1.54) is 0 Å².